The zero-order valence-electron chi connectivity index (χ0n) is 16.0. The van der Waals surface area contributed by atoms with Crippen LogP contribution in [0.5, 0.6) is 0 Å². The number of hydrogen-bond acceptors (Lipinski definition) is 4. The van der Waals surface area contributed by atoms with Crippen LogP contribution >= 0.6 is 0 Å². The average Bonchev–Trinajstić information content (AvgIpc) is 3.19. The molecule has 0 atom stereocenters. The molecule has 0 aliphatic carbocycles. The van der Waals surface area contributed by atoms with Crippen LogP contribution in [0.4, 0.5) is 5.69 Å². The Kier molecular flexibility index (Phi) is 4.77. The standard InChI is InChI=1S/C23H21N5/c1-16-8-17(2)22-21(9-16)23(20(11-24)13-27-22)26-12-18-4-3-5-19(10-18)14-28-7-6-25-15-28/h3-10,13,15H,12,14H2,1-2H3,(H,26,27). The number of aryl methyl sites for hydroxylation is 2. The monoisotopic (exact) mass is 367 g/mol. The van der Waals surface area contributed by atoms with Gasteiger partial charge in [-0.05, 0) is 36.6 Å². The minimum Gasteiger partial charge on any atom is -0.379 e. The Morgan fingerprint density at radius 3 is 2.79 bits per heavy atom. The number of pyridine rings is 1. The topological polar surface area (TPSA) is 66.5 Å². The Hall–Kier alpha value is -3.65. The highest BCUT2D eigenvalue weighted by Crippen LogP contribution is 2.29. The Morgan fingerprint density at radius 1 is 1.14 bits per heavy atom. The Balaban J connectivity index is 1.63. The van der Waals surface area contributed by atoms with Crippen LogP contribution in [0.1, 0.15) is 27.8 Å². The lowest BCUT2D eigenvalue weighted by Crippen LogP contribution is -2.05. The maximum atomic E-state index is 9.56. The molecule has 2 aromatic carbocycles. The molecule has 0 fully saturated rings. The van der Waals surface area contributed by atoms with Crippen molar-refractivity contribution in [3.63, 3.8) is 0 Å². The summed E-state index contributed by atoms with van der Waals surface area (Å²) in [5.41, 5.74) is 6.99. The molecule has 0 unspecified atom stereocenters. The van der Waals surface area contributed by atoms with Crippen LogP contribution in [0.2, 0.25) is 0 Å². The van der Waals surface area contributed by atoms with Gasteiger partial charge < -0.3 is 9.88 Å². The third-order valence-electron chi connectivity index (χ3n) is 4.81. The van der Waals surface area contributed by atoms with Gasteiger partial charge in [0.05, 0.1) is 23.1 Å². The maximum absolute atomic E-state index is 9.56. The van der Waals surface area contributed by atoms with Crippen molar-refractivity contribution in [2.45, 2.75) is 26.9 Å². The van der Waals surface area contributed by atoms with Gasteiger partial charge in [-0.2, -0.15) is 5.26 Å². The summed E-state index contributed by atoms with van der Waals surface area (Å²) in [5.74, 6) is 0. The van der Waals surface area contributed by atoms with Crippen LogP contribution in [-0.4, -0.2) is 14.5 Å². The van der Waals surface area contributed by atoms with E-state index < -0.39 is 0 Å². The van der Waals surface area contributed by atoms with Gasteiger partial charge >= 0.3 is 0 Å². The van der Waals surface area contributed by atoms with Crippen molar-refractivity contribution in [1.82, 2.24) is 14.5 Å². The first kappa shape index (κ1) is 17.7. The van der Waals surface area contributed by atoms with Gasteiger partial charge in [-0.15, -0.1) is 0 Å². The van der Waals surface area contributed by atoms with E-state index in [4.69, 9.17) is 0 Å². The van der Waals surface area contributed by atoms with E-state index in [1.807, 2.05) is 17.1 Å². The zero-order valence-corrected chi connectivity index (χ0v) is 16.0. The second kappa shape index (κ2) is 7.53. The fourth-order valence-electron chi connectivity index (χ4n) is 3.56. The largest absolute Gasteiger partial charge is 0.379 e. The zero-order chi connectivity index (χ0) is 19.5. The van der Waals surface area contributed by atoms with E-state index in [9.17, 15) is 5.26 Å². The van der Waals surface area contributed by atoms with Crippen molar-refractivity contribution in [2.24, 2.45) is 0 Å². The number of nitriles is 1. The van der Waals surface area contributed by atoms with Crippen molar-refractivity contribution >= 4 is 16.6 Å². The Labute approximate surface area is 164 Å². The number of imidazole rings is 1. The van der Waals surface area contributed by atoms with Crippen molar-refractivity contribution in [1.29, 1.82) is 5.26 Å². The fraction of sp³-hybridized carbons (Fsp3) is 0.174. The number of nitrogens with one attached hydrogen (secondary N) is 1. The number of benzene rings is 2. The molecule has 5 heteroatoms. The SMILES string of the molecule is Cc1cc(C)c2ncc(C#N)c(NCc3cccc(Cn4ccnc4)c3)c2c1. The predicted molar refractivity (Wildman–Crippen MR) is 111 cm³/mol. The minimum absolute atomic E-state index is 0.562. The molecule has 0 radical (unpaired) electrons. The summed E-state index contributed by atoms with van der Waals surface area (Å²) in [6.45, 7) is 5.54. The molecule has 1 N–H and O–H groups in total. The lowest BCUT2D eigenvalue weighted by atomic mass is 10.0. The second-order valence-corrected chi connectivity index (χ2v) is 7.05. The maximum Gasteiger partial charge on any atom is 0.103 e. The minimum atomic E-state index is 0.562. The van der Waals surface area contributed by atoms with E-state index in [1.54, 1.807) is 12.4 Å². The number of aromatic nitrogens is 3. The van der Waals surface area contributed by atoms with Crippen LogP contribution in [0, 0.1) is 25.2 Å². The van der Waals surface area contributed by atoms with Gasteiger partial charge in [0.2, 0.25) is 0 Å². The van der Waals surface area contributed by atoms with E-state index in [-0.39, 0.29) is 0 Å². The number of anilines is 1. The number of hydrogen-bond donors (Lipinski definition) is 1. The van der Waals surface area contributed by atoms with Crippen LogP contribution in [-0.2, 0) is 13.1 Å². The first-order valence-corrected chi connectivity index (χ1v) is 9.21. The third kappa shape index (κ3) is 3.58. The van der Waals surface area contributed by atoms with Gasteiger partial charge in [0, 0.05) is 37.1 Å². The van der Waals surface area contributed by atoms with Gasteiger partial charge in [0.25, 0.3) is 0 Å². The predicted octanol–water partition coefficient (Wildman–Crippen LogP) is 4.58. The molecule has 138 valence electrons. The van der Waals surface area contributed by atoms with Crippen LogP contribution in [0.15, 0.2) is 61.3 Å². The van der Waals surface area contributed by atoms with Crippen molar-refractivity contribution in [3.8, 4) is 6.07 Å². The second-order valence-electron chi connectivity index (χ2n) is 7.05. The molecule has 2 heterocycles. The summed E-state index contributed by atoms with van der Waals surface area (Å²) in [4.78, 5) is 8.59. The van der Waals surface area contributed by atoms with Crippen LogP contribution in [0.25, 0.3) is 10.9 Å². The van der Waals surface area contributed by atoms with Crippen LogP contribution < -0.4 is 5.32 Å². The summed E-state index contributed by atoms with van der Waals surface area (Å²) in [5, 5.41) is 14.0. The summed E-state index contributed by atoms with van der Waals surface area (Å²) < 4.78 is 2.04. The lowest BCUT2D eigenvalue weighted by Gasteiger charge is -2.14. The molecular weight excluding hydrogens is 346 g/mol. The normalized spacial score (nSPS) is 10.8. The highest BCUT2D eigenvalue weighted by atomic mass is 15.0. The highest BCUT2D eigenvalue weighted by Gasteiger charge is 2.11. The van der Waals surface area contributed by atoms with E-state index in [0.717, 1.165) is 39.8 Å². The van der Waals surface area contributed by atoms with Crippen molar-refractivity contribution < 1.29 is 0 Å². The molecule has 0 saturated heterocycles. The van der Waals surface area contributed by atoms with Crippen molar-refractivity contribution in [2.75, 3.05) is 5.32 Å². The molecule has 0 amide bonds. The Morgan fingerprint density at radius 2 is 2.00 bits per heavy atom. The van der Waals surface area contributed by atoms with E-state index >= 15 is 0 Å². The van der Waals surface area contributed by atoms with Gasteiger partial charge in [-0.1, -0.05) is 35.9 Å². The molecule has 5 nitrogen and oxygen atoms in total. The van der Waals surface area contributed by atoms with Gasteiger partial charge in [0.1, 0.15) is 6.07 Å². The number of nitrogens with zero attached hydrogens (tertiary/aromatic N) is 4. The molecule has 28 heavy (non-hydrogen) atoms. The highest BCUT2D eigenvalue weighted by molar-refractivity contribution is 5.96. The molecule has 4 aromatic rings. The first-order valence-electron chi connectivity index (χ1n) is 9.21. The summed E-state index contributed by atoms with van der Waals surface area (Å²) in [6, 6.07) is 14.9. The summed E-state index contributed by atoms with van der Waals surface area (Å²) in [6.07, 6.45) is 7.21. The molecule has 0 spiro atoms. The van der Waals surface area contributed by atoms with Gasteiger partial charge in [-0.3, -0.25) is 4.98 Å². The first-order chi connectivity index (χ1) is 13.6. The summed E-state index contributed by atoms with van der Waals surface area (Å²) in [7, 11) is 0. The lowest BCUT2D eigenvalue weighted by molar-refractivity contribution is 0.796. The number of fused-ring (bicyclic) bond motifs is 1. The average molecular weight is 367 g/mol. The smallest absolute Gasteiger partial charge is 0.103 e. The van der Waals surface area contributed by atoms with Crippen molar-refractivity contribution in [3.05, 3.63) is 89.1 Å². The van der Waals surface area contributed by atoms with E-state index in [2.05, 4.69) is 71.6 Å². The molecule has 0 bridgehead atoms. The number of rotatable bonds is 5. The molecule has 0 saturated carbocycles. The Bertz CT molecular complexity index is 1170. The molecule has 2 aromatic heterocycles. The van der Waals surface area contributed by atoms with Gasteiger partial charge in [-0.25, -0.2) is 4.98 Å². The van der Waals surface area contributed by atoms with Crippen LogP contribution in [0.3, 0.4) is 0 Å². The molecular formula is C23H21N5. The molecule has 0 aliphatic rings. The summed E-state index contributed by atoms with van der Waals surface area (Å²) >= 11 is 0. The fourth-order valence-corrected chi connectivity index (χ4v) is 3.56. The third-order valence-corrected chi connectivity index (χ3v) is 4.81. The van der Waals surface area contributed by atoms with Gasteiger partial charge in [0.15, 0.2) is 0 Å². The molecule has 0 aliphatic heterocycles. The van der Waals surface area contributed by atoms with E-state index in [0.29, 0.717) is 12.1 Å². The quantitative estimate of drug-likeness (QED) is 0.561. The molecule has 4 rings (SSSR count). The van der Waals surface area contributed by atoms with E-state index in [1.165, 1.54) is 5.56 Å².